The van der Waals surface area contributed by atoms with Crippen LogP contribution in [0.15, 0.2) is 30.7 Å². The third-order valence-corrected chi connectivity index (χ3v) is 1.67. The first-order valence-electron chi connectivity index (χ1n) is 3.48. The van der Waals surface area contributed by atoms with E-state index < -0.39 is 6.43 Å². The highest BCUT2D eigenvalue weighted by Gasteiger charge is 2.06. The van der Waals surface area contributed by atoms with Gasteiger partial charge in [-0.25, -0.2) is 13.8 Å². The molecule has 0 radical (unpaired) electrons. The molecule has 0 aromatic carbocycles. The van der Waals surface area contributed by atoms with Gasteiger partial charge >= 0.3 is 0 Å². The summed E-state index contributed by atoms with van der Waals surface area (Å²) < 4.78 is 26.0. The first-order valence-corrected chi connectivity index (χ1v) is 3.48. The van der Waals surface area contributed by atoms with Crippen LogP contribution in [0.5, 0.6) is 0 Å². The lowest BCUT2D eigenvalue weighted by Gasteiger charge is -1.98. The van der Waals surface area contributed by atoms with Crippen LogP contribution in [0.25, 0.3) is 5.65 Å². The Hall–Kier alpha value is -1.45. The molecular formula is C8H6F2N2. The SMILES string of the molecule is FC(F)c1ccn2ccnc2c1. The minimum absolute atomic E-state index is 0.00806. The van der Waals surface area contributed by atoms with Gasteiger partial charge in [0.2, 0.25) is 0 Å². The van der Waals surface area contributed by atoms with Crippen LogP contribution in [-0.2, 0) is 0 Å². The molecule has 0 N–H and O–H groups in total. The molecule has 0 unspecified atom stereocenters. The van der Waals surface area contributed by atoms with Gasteiger partial charge in [0.25, 0.3) is 6.43 Å². The molecule has 2 aromatic heterocycles. The van der Waals surface area contributed by atoms with E-state index >= 15 is 0 Å². The standard InChI is InChI=1S/C8H6F2N2/c9-8(10)6-1-3-12-4-2-11-7(12)5-6/h1-5,8H. The number of fused-ring (bicyclic) bond motifs is 1. The number of halogens is 2. The summed E-state index contributed by atoms with van der Waals surface area (Å²) in [6.07, 6.45) is 2.44. The van der Waals surface area contributed by atoms with Crippen molar-refractivity contribution in [1.82, 2.24) is 9.38 Å². The predicted octanol–water partition coefficient (Wildman–Crippen LogP) is 2.27. The lowest BCUT2D eigenvalue weighted by atomic mass is 10.3. The number of pyridine rings is 1. The first-order chi connectivity index (χ1) is 5.77. The zero-order valence-corrected chi connectivity index (χ0v) is 6.11. The quantitative estimate of drug-likeness (QED) is 0.638. The van der Waals surface area contributed by atoms with Crippen molar-refractivity contribution < 1.29 is 8.78 Å². The van der Waals surface area contributed by atoms with E-state index in [-0.39, 0.29) is 5.56 Å². The van der Waals surface area contributed by atoms with Gasteiger partial charge in [-0.3, -0.25) is 0 Å². The third kappa shape index (κ3) is 1.05. The van der Waals surface area contributed by atoms with Gasteiger partial charge in [-0.15, -0.1) is 0 Å². The summed E-state index contributed by atoms with van der Waals surface area (Å²) in [5.41, 5.74) is 0.557. The molecule has 2 nitrogen and oxygen atoms in total. The van der Waals surface area contributed by atoms with Crippen molar-refractivity contribution in [3.05, 3.63) is 36.3 Å². The first kappa shape index (κ1) is 7.21. The van der Waals surface area contributed by atoms with Crippen LogP contribution in [0.4, 0.5) is 8.78 Å². The molecule has 0 amide bonds. The predicted molar refractivity (Wildman–Crippen MR) is 40.1 cm³/mol. The summed E-state index contributed by atoms with van der Waals surface area (Å²) in [6, 6.07) is 2.77. The second-order valence-electron chi connectivity index (χ2n) is 2.45. The molecule has 0 fully saturated rings. The summed E-state index contributed by atoms with van der Waals surface area (Å²) in [5.74, 6) is 0. The zero-order valence-electron chi connectivity index (χ0n) is 6.11. The Kier molecular flexibility index (Phi) is 1.53. The molecule has 0 bridgehead atoms. The van der Waals surface area contributed by atoms with Gasteiger partial charge in [0, 0.05) is 24.2 Å². The molecule has 0 atom stereocenters. The monoisotopic (exact) mass is 168 g/mol. The number of imidazole rings is 1. The molecule has 12 heavy (non-hydrogen) atoms. The Morgan fingerprint density at radius 2 is 2.17 bits per heavy atom. The average Bonchev–Trinajstić information content (AvgIpc) is 2.49. The molecule has 0 aliphatic heterocycles. The van der Waals surface area contributed by atoms with Crippen molar-refractivity contribution in [2.45, 2.75) is 6.43 Å². The lowest BCUT2D eigenvalue weighted by molar-refractivity contribution is 0.151. The highest BCUT2D eigenvalue weighted by molar-refractivity contribution is 5.41. The summed E-state index contributed by atoms with van der Waals surface area (Å²) in [7, 11) is 0. The molecule has 62 valence electrons. The van der Waals surface area contributed by atoms with E-state index in [1.807, 2.05) is 0 Å². The van der Waals surface area contributed by atoms with Gasteiger partial charge in [-0.2, -0.15) is 0 Å². The minimum atomic E-state index is -2.42. The second-order valence-corrected chi connectivity index (χ2v) is 2.45. The number of hydrogen-bond acceptors (Lipinski definition) is 1. The number of rotatable bonds is 1. The van der Waals surface area contributed by atoms with Crippen molar-refractivity contribution in [2.24, 2.45) is 0 Å². The zero-order chi connectivity index (χ0) is 8.55. The summed E-state index contributed by atoms with van der Waals surface area (Å²) >= 11 is 0. The van der Waals surface area contributed by atoms with Gasteiger partial charge in [-0.05, 0) is 12.1 Å². The van der Waals surface area contributed by atoms with E-state index in [0.29, 0.717) is 5.65 Å². The molecule has 0 aliphatic carbocycles. The fourth-order valence-electron chi connectivity index (χ4n) is 1.06. The summed E-state index contributed by atoms with van der Waals surface area (Å²) in [6.45, 7) is 0. The second kappa shape index (κ2) is 2.55. The molecule has 2 heterocycles. The highest BCUT2D eigenvalue weighted by atomic mass is 19.3. The van der Waals surface area contributed by atoms with Crippen molar-refractivity contribution in [3.63, 3.8) is 0 Å². The Balaban J connectivity index is 2.60. The van der Waals surface area contributed by atoms with Gasteiger partial charge in [0.15, 0.2) is 0 Å². The summed E-state index contributed by atoms with van der Waals surface area (Å²) in [5, 5.41) is 0. The van der Waals surface area contributed by atoms with E-state index in [4.69, 9.17) is 0 Å². The molecule has 0 saturated heterocycles. The van der Waals surface area contributed by atoms with E-state index in [2.05, 4.69) is 4.98 Å². The molecule has 0 saturated carbocycles. The van der Waals surface area contributed by atoms with Gasteiger partial charge in [0.05, 0.1) is 0 Å². The largest absolute Gasteiger partial charge is 0.307 e. The van der Waals surface area contributed by atoms with Crippen LogP contribution in [-0.4, -0.2) is 9.38 Å². The van der Waals surface area contributed by atoms with E-state index in [9.17, 15) is 8.78 Å². The van der Waals surface area contributed by atoms with Crippen LogP contribution in [0.2, 0.25) is 0 Å². The number of aromatic nitrogens is 2. The van der Waals surface area contributed by atoms with E-state index in [0.717, 1.165) is 0 Å². The Labute approximate surface area is 67.5 Å². The highest BCUT2D eigenvalue weighted by Crippen LogP contribution is 2.18. The molecule has 0 aliphatic rings. The molecular weight excluding hydrogens is 162 g/mol. The Morgan fingerprint density at radius 3 is 2.92 bits per heavy atom. The lowest BCUT2D eigenvalue weighted by Crippen LogP contribution is -1.88. The van der Waals surface area contributed by atoms with E-state index in [1.165, 1.54) is 12.1 Å². The molecule has 0 spiro atoms. The maximum absolute atomic E-state index is 12.2. The number of nitrogens with zero attached hydrogens (tertiary/aromatic N) is 2. The van der Waals surface area contributed by atoms with Crippen molar-refractivity contribution in [3.8, 4) is 0 Å². The Bertz CT molecular complexity index is 395. The van der Waals surface area contributed by atoms with Gasteiger partial charge in [-0.1, -0.05) is 0 Å². The van der Waals surface area contributed by atoms with Crippen LogP contribution in [0.1, 0.15) is 12.0 Å². The topological polar surface area (TPSA) is 17.3 Å². The van der Waals surface area contributed by atoms with Gasteiger partial charge < -0.3 is 4.40 Å². The fourth-order valence-corrected chi connectivity index (χ4v) is 1.06. The maximum Gasteiger partial charge on any atom is 0.264 e. The third-order valence-electron chi connectivity index (χ3n) is 1.67. The van der Waals surface area contributed by atoms with Crippen LogP contribution in [0, 0.1) is 0 Å². The molecule has 2 aromatic rings. The minimum Gasteiger partial charge on any atom is -0.307 e. The maximum atomic E-state index is 12.2. The smallest absolute Gasteiger partial charge is 0.264 e. The van der Waals surface area contributed by atoms with E-state index in [1.54, 1.807) is 23.0 Å². The average molecular weight is 168 g/mol. The van der Waals surface area contributed by atoms with Crippen LogP contribution in [0.3, 0.4) is 0 Å². The molecule has 2 rings (SSSR count). The van der Waals surface area contributed by atoms with Gasteiger partial charge in [0.1, 0.15) is 5.65 Å². The van der Waals surface area contributed by atoms with Crippen LogP contribution >= 0.6 is 0 Å². The van der Waals surface area contributed by atoms with Crippen molar-refractivity contribution in [1.29, 1.82) is 0 Å². The van der Waals surface area contributed by atoms with Crippen molar-refractivity contribution in [2.75, 3.05) is 0 Å². The van der Waals surface area contributed by atoms with Crippen LogP contribution < -0.4 is 0 Å². The molecule has 4 heteroatoms. The Morgan fingerprint density at radius 1 is 1.33 bits per heavy atom. The number of alkyl halides is 2. The van der Waals surface area contributed by atoms with Crippen molar-refractivity contribution >= 4 is 5.65 Å². The fraction of sp³-hybridized carbons (Fsp3) is 0.125. The number of hydrogen-bond donors (Lipinski definition) is 0. The summed E-state index contributed by atoms with van der Waals surface area (Å²) in [4.78, 5) is 3.89. The normalized spacial score (nSPS) is 11.2.